The molecule has 1 saturated heterocycles. The summed E-state index contributed by atoms with van der Waals surface area (Å²) in [6.45, 7) is 1.14. The zero-order chi connectivity index (χ0) is 28.3. The van der Waals surface area contributed by atoms with Crippen LogP contribution in [0.1, 0.15) is 24.8 Å². The fourth-order valence-corrected chi connectivity index (χ4v) is 4.73. The number of urea groups is 1. The average molecular weight is 552 g/mol. The Hall–Kier alpha value is -4.44. The number of halogens is 3. The SMILES string of the molecule is N#CCC1(N=C/C(=C\N)c2cnn3c(-c4cccc(NC(=O)NCC(F)(F)F)c4)cnc3c2)CN(CC2CC2)C1. The summed E-state index contributed by atoms with van der Waals surface area (Å²) in [5, 5.41) is 18.0. The molecule has 2 aromatic heterocycles. The Morgan fingerprint density at radius 1 is 1.27 bits per heavy atom. The number of nitrogens with zero attached hydrogens (tertiary/aromatic N) is 6. The zero-order valence-electron chi connectivity index (χ0n) is 21.5. The summed E-state index contributed by atoms with van der Waals surface area (Å²) in [4.78, 5) is 23.4. The minimum absolute atomic E-state index is 0.311. The molecule has 0 radical (unpaired) electrons. The Bertz CT molecular complexity index is 1490. The van der Waals surface area contributed by atoms with Gasteiger partial charge in [0.15, 0.2) is 5.65 Å². The molecule has 3 heterocycles. The summed E-state index contributed by atoms with van der Waals surface area (Å²) >= 11 is 0. The molecule has 1 saturated carbocycles. The molecule has 0 unspecified atom stereocenters. The number of carbonyl (C=O) groups excluding carboxylic acids is 1. The van der Waals surface area contributed by atoms with Crippen LogP contribution in [0.3, 0.4) is 0 Å². The lowest BCUT2D eigenvalue weighted by molar-refractivity contribution is -0.122. The number of benzene rings is 1. The second kappa shape index (κ2) is 11.0. The van der Waals surface area contributed by atoms with Gasteiger partial charge in [0.2, 0.25) is 0 Å². The lowest BCUT2D eigenvalue weighted by atomic mass is 9.87. The van der Waals surface area contributed by atoms with Crippen LogP contribution in [0.2, 0.25) is 0 Å². The number of rotatable bonds is 9. The number of allylic oxidation sites excluding steroid dienone is 1. The minimum Gasteiger partial charge on any atom is -0.404 e. The smallest absolute Gasteiger partial charge is 0.404 e. The predicted octanol–water partition coefficient (Wildman–Crippen LogP) is 3.83. The van der Waals surface area contributed by atoms with E-state index in [1.165, 1.54) is 19.0 Å². The van der Waals surface area contributed by atoms with Crippen LogP contribution in [0.15, 0.2) is 53.9 Å². The number of carbonyl (C=O) groups is 1. The first-order valence-electron chi connectivity index (χ1n) is 12.8. The van der Waals surface area contributed by atoms with Gasteiger partial charge in [0.1, 0.15) is 6.54 Å². The summed E-state index contributed by atoms with van der Waals surface area (Å²) in [6, 6.07) is 9.72. The van der Waals surface area contributed by atoms with Crippen LogP contribution in [-0.2, 0) is 0 Å². The average Bonchev–Trinajstić information content (AvgIpc) is 3.62. The second-order valence-corrected chi connectivity index (χ2v) is 10.2. The molecule has 1 aliphatic heterocycles. The predicted molar refractivity (Wildman–Crippen MR) is 144 cm³/mol. The number of aromatic nitrogens is 3. The highest BCUT2D eigenvalue weighted by Gasteiger charge is 2.44. The van der Waals surface area contributed by atoms with Gasteiger partial charge in [0.05, 0.1) is 36.1 Å². The van der Waals surface area contributed by atoms with E-state index in [0.717, 1.165) is 25.6 Å². The number of alkyl halides is 3. The quantitative estimate of drug-likeness (QED) is 0.346. The molecule has 0 atom stereocenters. The van der Waals surface area contributed by atoms with Crippen molar-refractivity contribution in [2.45, 2.75) is 31.0 Å². The van der Waals surface area contributed by atoms with E-state index in [0.29, 0.717) is 40.1 Å². The Morgan fingerprint density at radius 2 is 2.08 bits per heavy atom. The van der Waals surface area contributed by atoms with E-state index in [-0.39, 0.29) is 0 Å². The summed E-state index contributed by atoms with van der Waals surface area (Å²) in [6.07, 6.45) is 4.77. The highest BCUT2D eigenvalue weighted by Crippen LogP contribution is 2.36. The molecule has 13 heteroatoms. The van der Waals surface area contributed by atoms with Crippen LogP contribution in [0.25, 0.3) is 22.5 Å². The van der Waals surface area contributed by atoms with Crippen molar-refractivity contribution in [1.82, 2.24) is 24.8 Å². The highest BCUT2D eigenvalue weighted by molar-refractivity contribution is 6.10. The van der Waals surface area contributed by atoms with Crippen molar-refractivity contribution < 1.29 is 18.0 Å². The molecule has 2 amide bonds. The van der Waals surface area contributed by atoms with Crippen molar-refractivity contribution in [3.8, 4) is 17.3 Å². The molecule has 1 aliphatic carbocycles. The first-order valence-corrected chi connectivity index (χ1v) is 12.8. The van der Waals surface area contributed by atoms with E-state index in [2.05, 4.69) is 26.4 Å². The zero-order valence-corrected chi connectivity index (χ0v) is 21.5. The molecule has 0 bridgehead atoms. The van der Waals surface area contributed by atoms with Crippen molar-refractivity contribution in [3.05, 3.63) is 54.5 Å². The van der Waals surface area contributed by atoms with Crippen LogP contribution in [0, 0.1) is 17.2 Å². The van der Waals surface area contributed by atoms with Crippen molar-refractivity contribution in [1.29, 1.82) is 5.26 Å². The van der Waals surface area contributed by atoms with Gasteiger partial charge in [-0.15, -0.1) is 0 Å². The third-order valence-corrected chi connectivity index (χ3v) is 6.87. The van der Waals surface area contributed by atoms with Crippen molar-refractivity contribution >= 4 is 29.2 Å². The standard InChI is InChI=1S/C27H28F3N9O/c28-27(29,30)15-34-25(40)37-22-3-1-2-19(8-22)23-13-33-24-9-20(12-36-39(23)24)21(10-32)11-35-26(6-7-31)16-38(17-26)14-18-4-5-18/h1-3,8-13,18H,4-6,14-17,32H2,(H2,34,37,40)/b21-10+,35-11?. The van der Waals surface area contributed by atoms with E-state index >= 15 is 0 Å². The summed E-state index contributed by atoms with van der Waals surface area (Å²) in [5.41, 5.74) is 8.96. The number of imidazole rings is 1. The molecule has 1 aromatic carbocycles. The molecular weight excluding hydrogens is 523 g/mol. The summed E-state index contributed by atoms with van der Waals surface area (Å²) < 4.78 is 38.7. The lowest BCUT2D eigenvalue weighted by Crippen LogP contribution is -2.60. The lowest BCUT2D eigenvalue weighted by Gasteiger charge is -2.46. The minimum atomic E-state index is -4.50. The number of nitrogens with one attached hydrogen (secondary N) is 2. The maximum atomic E-state index is 12.4. The summed E-state index contributed by atoms with van der Waals surface area (Å²) in [7, 11) is 0. The maximum Gasteiger partial charge on any atom is 0.405 e. The van der Waals surface area contributed by atoms with Gasteiger partial charge in [0, 0.05) is 54.4 Å². The Kier molecular flexibility index (Phi) is 7.44. The number of amides is 2. The normalized spacial score (nSPS) is 17.5. The van der Waals surface area contributed by atoms with Gasteiger partial charge in [-0.25, -0.2) is 14.3 Å². The van der Waals surface area contributed by atoms with Gasteiger partial charge in [0.25, 0.3) is 0 Å². The molecule has 3 aromatic rings. The van der Waals surface area contributed by atoms with Crippen LogP contribution in [0.4, 0.5) is 23.7 Å². The third kappa shape index (κ3) is 6.40. The number of nitriles is 1. The number of fused-ring (bicyclic) bond motifs is 1. The van der Waals surface area contributed by atoms with Crippen molar-refractivity contribution in [2.75, 3.05) is 31.5 Å². The van der Waals surface area contributed by atoms with E-state index in [1.807, 2.05) is 6.07 Å². The molecule has 40 heavy (non-hydrogen) atoms. The summed E-state index contributed by atoms with van der Waals surface area (Å²) in [5.74, 6) is 0.780. The largest absolute Gasteiger partial charge is 0.405 e. The highest BCUT2D eigenvalue weighted by atomic mass is 19.4. The molecule has 10 nitrogen and oxygen atoms in total. The first kappa shape index (κ1) is 27.1. The second-order valence-electron chi connectivity index (χ2n) is 10.2. The van der Waals surface area contributed by atoms with Crippen LogP contribution in [-0.4, -0.2) is 69.6 Å². The van der Waals surface area contributed by atoms with Gasteiger partial charge in [-0.2, -0.15) is 23.5 Å². The third-order valence-electron chi connectivity index (χ3n) is 6.87. The molecular formula is C27H28F3N9O. The van der Waals surface area contributed by atoms with E-state index in [1.54, 1.807) is 52.7 Å². The van der Waals surface area contributed by atoms with Gasteiger partial charge >= 0.3 is 12.2 Å². The molecule has 5 rings (SSSR count). The molecule has 208 valence electrons. The molecule has 4 N–H and O–H groups in total. The molecule has 2 aliphatic rings. The topological polar surface area (TPSA) is 137 Å². The first-order chi connectivity index (χ1) is 19.2. The van der Waals surface area contributed by atoms with Crippen molar-refractivity contribution in [2.24, 2.45) is 16.6 Å². The number of hydrogen-bond donors (Lipinski definition) is 3. The van der Waals surface area contributed by atoms with Gasteiger partial charge in [-0.3, -0.25) is 9.89 Å². The van der Waals surface area contributed by atoms with Gasteiger partial charge in [-0.05, 0) is 37.0 Å². The Balaban J connectivity index is 1.30. The number of hydrogen-bond acceptors (Lipinski definition) is 7. The van der Waals surface area contributed by atoms with E-state index in [9.17, 15) is 23.2 Å². The van der Waals surface area contributed by atoms with E-state index in [4.69, 9.17) is 10.7 Å². The fourth-order valence-electron chi connectivity index (χ4n) is 4.73. The number of aliphatic imine (C=N–C) groups is 1. The Morgan fingerprint density at radius 3 is 2.77 bits per heavy atom. The van der Waals surface area contributed by atoms with Gasteiger partial charge < -0.3 is 16.4 Å². The molecule has 2 fully saturated rings. The monoisotopic (exact) mass is 551 g/mol. The number of nitrogens with two attached hydrogens (primary N) is 1. The number of anilines is 1. The molecule has 0 spiro atoms. The fraction of sp³-hybridized carbons (Fsp3) is 0.370. The van der Waals surface area contributed by atoms with Crippen LogP contribution < -0.4 is 16.4 Å². The Labute approximate surface area is 228 Å². The van der Waals surface area contributed by atoms with E-state index < -0.39 is 24.3 Å². The van der Waals surface area contributed by atoms with Crippen LogP contribution in [0.5, 0.6) is 0 Å². The van der Waals surface area contributed by atoms with Gasteiger partial charge in [-0.1, -0.05) is 12.1 Å². The van der Waals surface area contributed by atoms with Crippen molar-refractivity contribution in [3.63, 3.8) is 0 Å². The number of likely N-dealkylation sites (tertiary alicyclic amines) is 1. The van der Waals surface area contributed by atoms with Crippen LogP contribution >= 0.6 is 0 Å². The maximum absolute atomic E-state index is 12.4.